The van der Waals surface area contributed by atoms with Gasteiger partial charge in [-0.15, -0.1) is 11.3 Å². The van der Waals surface area contributed by atoms with Gasteiger partial charge in [-0.2, -0.15) is 5.10 Å². The number of aryl methyl sites for hydroxylation is 1. The lowest BCUT2D eigenvalue weighted by molar-refractivity contribution is -0.119. The van der Waals surface area contributed by atoms with Crippen molar-refractivity contribution in [3.63, 3.8) is 0 Å². The third kappa shape index (κ3) is 4.19. The molecule has 28 heavy (non-hydrogen) atoms. The number of anilines is 1. The Kier molecular flexibility index (Phi) is 5.73. The van der Waals surface area contributed by atoms with Crippen LogP contribution in [0.3, 0.4) is 0 Å². The fourth-order valence-corrected chi connectivity index (χ4v) is 3.36. The van der Waals surface area contributed by atoms with E-state index in [9.17, 15) is 9.59 Å². The van der Waals surface area contributed by atoms with Crippen LogP contribution in [0.4, 0.5) is 5.13 Å². The number of hydrogen-bond acceptors (Lipinski definition) is 7. The molecule has 3 heterocycles. The normalized spacial score (nSPS) is 11.4. The van der Waals surface area contributed by atoms with E-state index in [2.05, 4.69) is 20.4 Å². The molecule has 3 aromatic rings. The van der Waals surface area contributed by atoms with E-state index in [4.69, 9.17) is 4.74 Å². The summed E-state index contributed by atoms with van der Waals surface area (Å²) in [4.78, 5) is 33.5. The number of nitrogens with zero attached hydrogens (tertiary/aromatic N) is 4. The predicted octanol–water partition coefficient (Wildman–Crippen LogP) is 3.70. The molecule has 1 amide bonds. The van der Waals surface area contributed by atoms with Crippen LogP contribution in [0.2, 0.25) is 0 Å². The number of aromatic nitrogens is 4. The molecule has 0 bridgehead atoms. The van der Waals surface area contributed by atoms with Crippen LogP contribution in [0.5, 0.6) is 0 Å². The summed E-state index contributed by atoms with van der Waals surface area (Å²) >= 11 is 1.32. The van der Waals surface area contributed by atoms with Gasteiger partial charge in [-0.05, 0) is 32.8 Å². The first kappa shape index (κ1) is 19.9. The van der Waals surface area contributed by atoms with E-state index in [1.807, 2.05) is 40.0 Å². The number of fused-ring (bicyclic) bond motifs is 1. The van der Waals surface area contributed by atoms with Gasteiger partial charge in [0.25, 0.3) is 5.91 Å². The highest BCUT2D eigenvalue weighted by molar-refractivity contribution is 7.13. The Morgan fingerprint density at radius 3 is 2.61 bits per heavy atom. The van der Waals surface area contributed by atoms with E-state index in [1.54, 1.807) is 16.9 Å². The number of hydrogen-bond donors (Lipinski definition) is 1. The predicted molar refractivity (Wildman–Crippen MR) is 108 cm³/mol. The number of thiazole rings is 1. The van der Waals surface area contributed by atoms with Crippen LogP contribution in [0.1, 0.15) is 61.4 Å². The summed E-state index contributed by atoms with van der Waals surface area (Å²) in [6.07, 6.45) is 1.61. The molecule has 0 spiro atoms. The standard InChI is InChI=1S/C19H23N5O3S/c1-10(2)15-6-13(14-7-20-24(11(3)4)17(14)22-15)18(26)27-8-16(25)23-19-21-12(5)9-28-19/h6-7,9-11H,8H2,1-5H3,(H,21,23,25). The molecule has 0 radical (unpaired) electrons. The van der Waals surface area contributed by atoms with E-state index in [0.29, 0.717) is 21.7 Å². The van der Waals surface area contributed by atoms with Crippen molar-refractivity contribution >= 4 is 39.4 Å². The van der Waals surface area contributed by atoms with Crippen LogP contribution in [-0.4, -0.2) is 38.2 Å². The smallest absolute Gasteiger partial charge is 0.339 e. The molecule has 0 saturated carbocycles. The third-order valence-electron chi connectivity index (χ3n) is 4.09. The molecular weight excluding hydrogens is 378 g/mol. The van der Waals surface area contributed by atoms with Gasteiger partial charge in [0.1, 0.15) is 0 Å². The van der Waals surface area contributed by atoms with Crippen LogP contribution >= 0.6 is 11.3 Å². The number of esters is 1. The van der Waals surface area contributed by atoms with Crippen LogP contribution in [-0.2, 0) is 9.53 Å². The lowest BCUT2D eigenvalue weighted by Gasteiger charge is -2.12. The zero-order chi connectivity index (χ0) is 20.4. The largest absolute Gasteiger partial charge is 0.452 e. The third-order valence-corrected chi connectivity index (χ3v) is 4.96. The van der Waals surface area contributed by atoms with E-state index in [0.717, 1.165) is 11.4 Å². The van der Waals surface area contributed by atoms with Crippen LogP contribution in [0, 0.1) is 6.92 Å². The molecule has 0 aliphatic heterocycles. The van der Waals surface area contributed by atoms with Gasteiger partial charge in [0.15, 0.2) is 17.4 Å². The highest BCUT2D eigenvalue weighted by Crippen LogP contribution is 2.25. The lowest BCUT2D eigenvalue weighted by Crippen LogP contribution is -2.21. The minimum atomic E-state index is -0.580. The Morgan fingerprint density at radius 2 is 2.00 bits per heavy atom. The summed E-state index contributed by atoms with van der Waals surface area (Å²) in [5.74, 6) is -0.888. The topological polar surface area (TPSA) is 99.0 Å². The molecule has 0 atom stereocenters. The van der Waals surface area contributed by atoms with Crippen molar-refractivity contribution in [1.29, 1.82) is 0 Å². The van der Waals surface area contributed by atoms with Crippen molar-refractivity contribution in [3.8, 4) is 0 Å². The average molecular weight is 401 g/mol. The average Bonchev–Trinajstić information content (AvgIpc) is 3.24. The Balaban J connectivity index is 1.81. The summed E-state index contributed by atoms with van der Waals surface area (Å²) in [6.45, 7) is 9.45. The van der Waals surface area contributed by atoms with Gasteiger partial charge in [-0.3, -0.25) is 10.1 Å². The summed E-state index contributed by atoms with van der Waals surface area (Å²) in [7, 11) is 0. The Morgan fingerprint density at radius 1 is 1.25 bits per heavy atom. The van der Waals surface area contributed by atoms with Crippen molar-refractivity contribution in [1.82, 2.24) is 19.7 Å². The van der Waals surface area contributed by atoms with Gasteiger partial charge in [-0.1, -0.05) is 13.8 Å². The number of ether oxygens (including phenoxy) is 1. The van der Waals surface area contributed by atoms with Crippen LogP contribution in [0.15, 0.2) is 17.6 Å². The second-order valence-electron chi connectivity index (χ2n) is 7.09. The summed E-state index contributed by atoms with van der Waals surface area (Å²) in [5.41, 5.74) is 2.58. The van der Waals surface area contributed by atoms with Crippen molar-refractivity contribution < 1.29 is 14.3 Å². The molecule has 0 saturated heterocycles. The maximum absolute atomic E-state index is 12.7. The van der Waals surface area contributed by atoms with E-state index in [-0.39, 0.29) is 12.0 Å². The minimum absolute atomic E-state index is 0.101. The fourth-order valence-electron chi connectivity index (χ4n) is 2.66. The Bertz CT molecular complexity index is 1020. The Hall–Kier alpha value is -2.81. The molecule has 9 heteroatoms. The van der Waals surface area contributed by atoms with Crippen LogP contribution in [0.25, 0.3) is 11.0 Å². The quantitative estimate of drug-likeness (QED) is 0.632. The minimum Gasteiger partial charge on any atom is -0.452 e. The molecule has 0 aliphatic rings. The SMILES string of the molecule is Cc1csc(NC(=O)COC(=O)c2cc(C(C)C)nc3c2cnn3C(C)C)n1. The van der Waals surface area contributed by atoms with Crippen molar-refractivity contribution in [2.45, 2.75) is 46.6 Å². The maximum atomic E-state index is 12.7. The van der Waals surface area contributed by atoms with Crippen LogP contribution < -0.4 is 5.32 Å². The van der Waals surface area contributed by atoms with Gasteiger partial charge in [-0.25, -0.2) is 19.4 Å². The number of amides is 1. The van der Waals surface area contributed by atoms with E-state index < -0.39 is 18.5 Å². The molecule has 148 valence electrons. The van der Waals surface area contributed by atoms with Crippen molar-refractivity contribution in [2.75, 3.05) is 11.9 Å². The summed E-state index contributed by atoms with van der Waals surface area (Å²) < 4.78 is 7.02. The molecule has 3 rings (SSSR count). The van der Waals surface area contributed by atoms with E-state index >= 15 is 0 Å². The fraction of sp³-hybridized carbons (Fsp3) is 0.421. The first-order chi connectivity index (χ1) is 13.3. The van der Waals surface area contributed by atoms with Gasteiger partial charge in [0.2, 0.25) is 0 Å². The Labute approximate surface area is 166 Å². The highest BCUT2D eigenvalue weighted by Gasteiger charge is 2.20. The number of carbonyl (C=O) groups excluding carboxylic acids is 2. The van der Waals surface area contributed by atoms with E-state index in [1.165, 1.54) is 11.3 Å². The number of carbonyl (C=O) groups is 2. The van der Waals surface area contributed by atoms with Gasteiger partial charge >= 0.3 is 5.97 Å². The van der Waals surface area contributed by atoms with Gasteiger partial charge in [0.05, 0.1) is 22.8 Å². The second-order valence-corrected chi connectivity index (χ2v) is 7.95. The van der Waals surface area contributed by atoms with Gasteiger partial charge < -0.3 is 4.74 Å². The molecule has 0 aliphatic carbocycles. The molecule has 1 N–H and O–H groups in total. The summed E-state index contributed by atoms with van der Waals surface area (Å²) in [6, 6.07) is 1.81. The number of rotatable bonds is 6. The highest BCUT2D eigenvalue weighted by atomic mass is 32.1. The second kappa shape index (κ2) is 8.05. The molecule has 8 nitrogen and oxygen atoms in total. The van der Waals surface area contributed by atoms with Crippen molar-refractivity contribution in [3.05, 3.63) is 34.6 Å². The first-order valence-electron chi connectivity index (χ1n) is 9.03. The molecular formula is C19H23N5O3S. The monoisotopic (exact) mass is 401 g/mol. The van der Waals surface area contributed by atoms with Gasteiger partial charge in [0, 0.05) is 17.1 Å². The zero-order valence-electron chi connectivity index (χ0n) is 16.5. The number of pyridine rings is 1. The molecule has 0 aromatic carbocycles. The lowest BCUT2D eigenvalue weighted by atomic mass is 10.1. The van der Waals surface area contributed by atoms with Crippen molar-refractivity contribution in [2.24, 2.45) is 0 Å². The zero-order valence-corrected chi connectivity index (χ0v) is 17.3. The summed E-state index contributed by atoms with van der Waals surface area (Å²) in [5, 5.41) is 9.89. The molecule has 3 aromatic heterocycles. The molecule has 0 unspecified atom stereocenters. The maximum Gasteiger partial charge on any atom is 0.339 e. The number of nitrogens with one attached hydrogen (secondary N) is 1. The first-order valence-corrected chi connectivity index (χ1v) is 9.91. The molecule has 0 fully saturated rings.